The SMILES string of the molecule is CCCNc1ncc(CSc2cc(Cl)ccc2Cl)s1. The van der Waals surface area contributed by atoms with E-state index < -0.39 is 0 Å². The van der Waals surface area contributed by atoms with E-state index in [1.165, 1.54) is 4.88 Å². The number of hydrogen-bond donors (Lipinski definition) is 1. The first-order valence-corrected chi connectivity index (χ1v) is 8.51. The van der Waals surface area contributed by atoms with E-state index in [4.69, 9.17) is 23.2 Å². The van der Waals surface area contributed by atoms with Gasteiger partial charge in [0.05, 0.1) is 5.02 Å². The first-order chi connectivity index (χ1) is 9.19. The fraction of sp³-hybridized carbons (Fsp3) is 0.308. The quantitative estimate of drug-likeness (QED) is 0.700. The molecule has 2 aromatic rings. The van der Waals surface area contributed by atoms with E-state index in [0.29, 0.717) is 5.02 Å². The Bertz CT molecular complexity index is 543. The largest absolute Gasteiger partial charge is 0.362 e. The zero-order chi connectivity index (χ0) is 13.7. The Labute approximate surface area is 131 Å². The number of thioether (sulfide) groups is 1. The highest BCUT2D eigenvalue weighted by Crippen LogP contribution is 2.33. The Balaban J connectivity index is 1.94. The summed E-state index contributed by atoms with van der Waals surface area (Å²) in [5.74, 6) is 0.853. The van der Waals surface area contributed by atoms with Crippen LogP contribution in [0.25, 0.3) is 0 Å². The van der Waals surface area contributed by atoms with Crippen LogP contribution >= 0.6 is 46.3 Å². The van der Waals surface area contributed by atoms with Gasteiger partial charge in [0.15, 0.2) is 5.13 Å². The lowest BCUT2D eigenvalue weighted by Gasteiger charge is -2.03. The Morgan fingerprint density at radius 2 is 2.21 bits per heavy atom. The van der Waals surface area contributed by atoms with Gasteiger partial charge in [-0.25, -0.2) is 4.98 Å². The van der Waals surface area contributed by atoms with E-state index in [1.54, 1.807) is 29.2 Å². The second-order valence-electron chi connectivity index (χ2n) is 3.92. The van der Waals surface area contributed by atoms with Crippen molar-refractivity contribution in [3.05, 3.63) is 39.3 Å². The summed E-state index contributed by atoms with van der Waals surface area (Å²) in [5.41, 5.74) is 0. The van der Waals surface area contributed by atoms with Gasteiger partial charge in [-0.15, -0.1) is 23.1 Å². The number of nitrogens with zero attached hydrogens (tertiary/aromatic N) is 1. The van der Waals surface area contributed by atoms with Crippen molar-refractivity contribution in [2.45, 2.75) is 24.0 Å². The van der Waals surface area contributed by atoms with Gasteiger partial charge >= 0.3 is 0 Å². The Kier molecular flexibility index (Phi) is 5.82. The summed E-state index contributed by atoms with van der Waals surface area (Å²) in [6.07, 6.45) is 3.01. The molecule has 0 spiro atoms. The van der Waals surface area contributed by atoms with Gasteiger partial charge in [-0.2, -0.15) is 0 Å². The molecule has 0 bridgehead atoms. The predicted octanol–water partition coefficient (Wildman–Crippen LogP) is 5.56. The molecule has 0 unspecified atom stereocenters. The van der Waals surface area contributed by atoms with Crippen LogP contribution in [0.3, 0.4) is 0 Å². The van der Waals surface area contributed by atoms with Crippen molar-refractivity contribution < 1.29 is 0 Å². The van der Waals surface area contributed by atoms with E-state index >= 15 is 0 Å². The van der Waals surface area contributed by atoms with E-state index in [1.807, 2.05) is 18.3 Å². The average molecular weight is 333 g/mol. The number of halogens is 2. The third kappa shape index (κ3) is 4.56. The lowest BCUT2D eigenvalue weighted by molar-refractivity contribution is 0.976. The van der Waals surface area contributed by atoms with Gasteiger partial charge in [-0.05, 0) is 24.6 Å². The van der Waals surface area contributed by atoms with Crippen molar-refractivity contribution in [1.82, 2.24) is 4.98 Å². The number of thiazole rings is 1. The van der Waals surface area contributed by atoms with Crippen LogP contribution in [-0.4, -0.2) is 11.5 Å². The van der Waals surface area contributed by atoms with Crippen LogP contribution in [-0.2, 0) is 5.75 Å². The highest BCUT2D eigenvalue weighted by Gasteiger charge is 2.05. The van der Waals surface area contributed by atoms with Gasteiger partial charge in [-0.1, -0.05) is 30.1 Å². The normalized spacial score (nSPS) is 10.7. The predicted molar refractivity (Wildman–Crippen MR) is 86.9 cm³/mol. The molecule has 0 saturated heterocycles. The highest BCUT2D eigenvalue weighted by atomic mass is 35.5. The highest BCUT2D eigenvalue weighted by molar-refractivity contribution is 7.98. The van der Waals surface area contributed by atoms with Crippen LogP contribution in [0.1, 0.15) is 18.2 Å². The molecule has 2 nitrogen and oxygen atoms in total. The third-order valence-electron chi connectivity index (χ3n) is 2.34. The summed E-state index contributed by atoms with van der Waals surface area (Å²) in [6, 6.07) is 5.52. The van der Waals surface area contributed by atoms with Gasteiger partial charge in [0, 0.05) is 33.3 Å². The fourth-order valence-electron chi connectivity index (χ4n) is 1.42. The molecule has 0 saturated carbocycles. The third-order valence-corrected chi connectivity index (χ3v) is 5.26. The number of benzene rings is 1. The molecule has 1 heterocycles. The van der Waals surface area contributed by atoms with Crippen LogP contribution in [0.4, 0.5) is 5.13 Å². The first kappa shape index (κ1) is 15.0. The number of aromatic nitrogens is 1. The molecule has 0 atom stereocenters. The van der Waals surface area contributed by atoms with E-state index in [9.17, 15) is 0 Å². The number of rotatable bonds is 6. The minimum atomic E-state index is 0.710. The average Bonchev–Trinajstić information content (AvgIpc) is 2.85. The summed E-state index contributed by atoms with van der Waals surface area (Å²) in [6.45, 7) is 3.10. The molecule has 0 aliphatic carbocycles. The second kappa shape index (κ2) is 7.39. The van der Waals surface area contributed by atoms with Gasteiger partial charge in [0.1, 0.15) is 0 Å². The molecule has 102 valence electrons. The van der Waals surface area contributed by atoms with Crippen molar-refractivity contribution in [3.63, 3.8) is 0 Å². The molecule has 1 N–H and O–H groups in total. The molecule has 0 fully saturated rings. The molecular weight excluding hydrogens is 319 g/mol. The number of hydrogen-bond acceptors (Lipinski definition) is 4. The number of nitrogens with one attached hydrogen (secondary N) is 1. The van der Waals surface area contributed by atoms with Crippen LogP contribution < -0.4 is 5.32 Å². The second-order valence-corrected chi connectivity index (χ2v) is 6.90. The molecule has 0 aliphatic heterocycles. The van der Waals surface area contributed by atoms with Gasteiger partial charge in [0.25, 0.3) is 0 Å². The van der Waals surface area contributed by atoms with Crippen LogP contribution in [0.2, 0.25) is 10.0 Å². The Morgan fingerprint density at radius 3 is 3.00 bits per heavy atom. The molecule has 2 rings (SSSR count). The minimum Gasteiger partial charge on any atom is -0.362 e. The maximum absolute atomic E-state index is 6.13. The van der Waals surface area contributed by atoms with Crippen LogP contribution in [0, 0.1) is 0 Å². The molecule has 0 aliphatic rings. The van der Waals surface area contributed by atoms with Crippen molar-refractivity contribution in [3.8, 4) is 0 Å². The summed E-state index contributed by atoms with van der Waals surface area (Å²) < 4.78 is 0. The topological polar surface area (TPSA) is 24.9 Å². The fourth-order valence-corrected chi connectivity index (χ4v) is 3.78. The van der Waals surface area contributed by atoms with E-state index in [-0.39, 0.29) is 0 Å². The summed E-state index contributed by atoms with van der Waals surface area (Å²) in [4.78, 5) is 6.57. The van der Waals surface area contributed by atoms with Crippen molar-refractivity contribution >= 4 is 51.4 Å². The Hall–Kier alpha value is -0.420. The van der Waals surface area contributed by atoms with Crippen molar-refractivity contribution in [1.29, 1.82) is 0 Å². The van der Waals surface area contributed by atoms with Crippen molar-refractivity contribution in [2.75, 3.05) is 11.9 Å². The lowest BCUT2D eigenvalue weighted by atomic mass is 10.4. The van der Waals surface area contributed by atoms with Crippen LogP contribution in [0.15, 0.2) is 29.3 Å². The number of anilines is 1. The summed E-state index contributed by atoms with van der Waals surface area (Å²) >= 11 is 15.5. The van der Waals surface area contributed by atoms with Gasteiger partial charge in [0.2, 0.25) is 0 Å². The minimum absolute atomic E-state index is 0.710. The maximum atomic E-state index is 6.13. The first-order valence-electron chi connectivity index (χ1n) is 5.95. The summed E-state index contributed by atoms with van der Waals surface area (Å²) in [7, 11) is 0. The molecule has 0 radical (unpaired) electrons. The Morgan fingerprint density at radius 1 is 1.37 bits per heavy atom. The molecule has 1 aromatic carbocycles. The molecule has 0 amide bonds. The maximum Gasteiger partial charge on any atom is 0.182 e. The smallest absolute Gasteiger partial charge is 0.182 e. The van der Waals surface area contributed by atoms with E-state index in [0.717, 1.165) is 33.8 Å². The van der Waals surface area contributed by atoms with Crippen molar-refractivity contribution in [2.24, 2.45) is 0 Å². The standard InChI is InChI=1S/C13H14Cl2N2S2/c1-2-5-16-13-17-7-10(19-13)8-18-12-6-9(14)3-4-11(12)15/h3-4,6-7H,2,5,8H2,1H3,(H,16,17). The monoisotopic (exact) mass is 332 g/mol. The van der Waals surface area contributed by atoms with Gasteiger partial charge < -0.3 is 5.32 Å². The van der Waals surface area contributed by atoms with E-state index in [2.05, 4.69) is 17.2 Å². The molecule has 6 heteroatoms. The zero-order valence-electron chi connectivity index (χ0n) is 10.5. The molecule has 19 heavy (non-hydrogen) atoms. The van der Waals surface area contributed by atoms with Crippen LogP contribution in [0.5, 0.6) is 0 Å². The van der Waals surface area contributed by atoms with Gasteiger partial charge in [-0.3, -0.25) is 0 Å². The lowest BCUT2D eigenvalue weighted by Crippen LogP contribution is -1.97. The molecular formula is C13H14Cl2N2S2. The summed E-state index contributed by atoms with van der Waals surface area (Å²) in [5, 5.41) is 5.71. The zero-order valence-corrected chi connectivity index (χ0v) is 13.6. The molecule has 1 aromatic heterocycles.